The highest BCUT2D eigenvalue weighted by atomic mass is 16.5. The lowest BCUT2D eigenvalue weighted by atomic mass is 10.0. The van der Waals surface area contributed by atoms with Crippen LogP contribution in [0, 0.1) is 6.92 Å². The average Bonchev–Trinajstić information content (AvgIpc) is 2.83. The minimum absolute atomic E-state index is 0.745. The van der Waals surface area contributed by atoms with Crippen LogP contribution in [0.15, 0.2) is 72.8 Å². The molecule has 0 aromatic heterocycles. The number of fused-ring (bicyclic) bond motifs is 1. The van der Waals surface area contributed by atoms with E-state index in [1.807, 2.05) is 6.07 Å². The third-order valence-corrected chi connectivity index (χ3v) is 4.72. The Hall–Kier alpha value is -2.58. The molecular formula is C23H23NO. The molecule has 0 bridgehead atoms. The molecular weight excluding hydrogens is 306 g/mol. The van der Waals surface area contributed by atoms with Gasteiger partial charge >= 0.3 is 0 Å². The number of hydrogen-bond donors (Lipinski definition) is 0. The zero-order valence-electron chi connectivity index (χ0n) is 14.6. The first-order chi connectivity index (χ1) is 12.3. The van der Waals surface area contributed by atoms with Crippen molar-refractivity contribution < 1.29 is 4.74 Å². The molecule has 2 nitrogen and oxygen atoms in total. The smallest absolute Gasteiger partial charge is 0.123 e. The van der Waals surface area contributed by atoms with E-state index in [9.17, 15) is 0 Å². The summed E-state index contributed by atoms with van der Waals surface area (Å²) in [7, 11) is 0. The van der Waals surface area contributed by atoms with Gasteiger partial charge in [-0.15, -0.1) is 0 Å². The van der Waals surface area contributed by atoms with Crippen LogP contribution in [0.4, 0.5) is 0 Å². The summed E-state index contributed by atoms with van der Waals surface area (Å²) in [4.78, 5) is 2.46. The molecule has 1 heterocycles. The summed E-state index contributed by atoms with van der Waals surface area (Å²) >= 11 is 0. The zero-order chi connectivity index (χ0) is 17.1. The van der Waals surface area contributed by atoms with Crippen LogP contribution in [0.2, 0.25) is 0 Å². The highest BCUT2D eigenvalue weighted by Gasteiger charge is 2.15. The molecule has 2 heteroatoms. The first kappa shape index (κ1) is 15.9. The fraction of sp³-hybridized carbons (Fsp3) is 0.217. The number of rotatable bonds is 3. The molecule has 0 aliphatic carbocycles. The van der Waals surface area contributed by atoms with Crippen molar-refractivity contribution in [3.05, 3.63) is 89.5 Å². The molecule has 0 saturated heterocycles. The lowest BCUT2D eigenvalue weighted by molar-refractivity contribution is 0.219. The first-order valence-corrected chi connectivity index (χ1v) is 8.87. The lowest BCUT2D eigenvalue weighted by Crippen LogP contribution is -2.25. The summed E-state index contributed by atoms with van der Waals surface area (Å²) in [6.45, 7) is 5.71. The van der Waals surface area contributed by atoms with Gasteiger partial charge in [-0.05, 0) is 35.7 Å². The number of para-hydroxylation sites is 1. The topological polar surface area (TPSA) is 12.5 Å². The van der Waals surface area contributed by atoms with Crippen LogP contribution in [0.3, 0.4) is 0 Å². The highest BCUT2D eigenvalue weighted by Crippen LogP contribution is 2.25. The third-order valence-electron chi connectivity index (χ3n) is 4.72. The minimum atomic E-state index is 0.745. The molecule has 1 aliphatic rings. The molecule has 0 N–H and O–H groups in total. The van der Waals surface area contributed by atoms with Crippen LogP contribution >= 0.6 is 0 Å². The number of ether oxygens (including phenoxy) is 1. The molecule has 3 aromatic rings. The van der Waals surface area contributed by atoms with E-state index >= 15 is 0 Å². The normalized spacial score (nSPS) is 14.4. The van der Waals surface area contributed by atoms with Gasteiger partial charge in [-0.25, -0.2) is 0 Å². The number of hydrogen-bond acceptors (Lipinski definition) is 2. The molecule has 4 rings (SSSR count). The Bertz CT molecular complexity index is 871. The van der Waals surface area contributed by atoms with Gasteiger partial charge < -0.3 is 4.74 Å². The number of benzene rings is 3. The SMILES string of the molecule is Cc1cccc(-c2cccc(CN3CCOc4ccccc4C3)c2)c1. The van der Waals surface area contributed by atoms with Gasteiger partial charge in [-0.2, -0.15) is 0 Å². The van der Waals surface area contributed by atoms with Crippen molar-refractivity contribution >= 4 is 0 Å². The van der Waals surface area contributed by atoms with Gasteiger partial charge in [-0.1, -0.05) is 66.2 Å². The molecule has 0 fully saturated rings. The van der Waals surface area contributed by atoms with Crippen molar-refractivity contribution in [2.75, 3.05) is 13.2 Å². The molecule has 3 aromatic carbocycles. The van der Waals surface area contributed by atoms with Crippen molar-refractivity contribution in [2.24, 2.45) is 0 Å². The largest absolute Gasteiger partial charge is 0.492 e. The van der Waals surface area contributed by atoms with Crippen LogP contribution in [-0.4, -0.2) is 18.1 Å². The van der Waals surface area contributed by atoms with Gasteiger partial charge in [0.25, 0.3) is 0 Å². The van der Waals surface area contributed by atoms with Gasteiger partial charge in [-0.3, -0.25) is 4.90 Å². The maximum absolute atomic E-state index is 5.88. The quantitative estimate of drug-likeness (QED) is 0.666. The van der Waals surface area contributed by atoms with E-state index < -0.39 is 0 Å². The van der Waals surface area contributed by atoms with Gasteiger partial charge in [0.1, 0.15) is 12.4 Å². The van der Waals surface area contributed by atoms with Gasteiger partial charge in [0, 0.05) is 25.2 Å². The number of aryl methyl sites for hydroxylation is 1. The lowest BCUT2D eigenvalue weighted by Gasteiger charge is -2.19. The Labute approximate surface area is 149 Å². The standard InChI is InChI=1S/C23H23NO/c1-18-6-4-9-20(14-18)21-10-5-7-19(15-21)16-24-12-13-25-23-11-3-2-8-22(23)17-24/h2-11,14-15H,12-13,16-17H2,1H3. The molecule has 0 radical (unpaired) electrons. The maximum Gasteiger partial charge on any atom is 0.123 e. The van der Waals surface area contributed by atoms with E-state index in [4.69, 9.17) is 4.74 Å². The number of nitrogens with zero attached hydrogens (tertiary/aromatic N) is 1. The summed E-state index contributed by atoms with van der Waals surface area (Å²) in [5, 5.41) is 0. The summed E-state index contributed by atoms with van der Waals surface area (Å²) in [6, 6.07) is 25.9. The Morgan fingerprint density at radius 3 is 2.56 bits per heavy atom. The summed E-state index contributed by atoms with van der Waals surface area (Å²) in [6.07, 6.45) is 0. The zero-order valence-corrected chi connectivity index (χ0v) is 14.6. The van der Waals surface area contributed by atoms with Crippen molar-refractivity contribution in [1.29, 1.82) is 0 Å². The average molecular weight is 329 g/mol. The van der Waals surface area contributed by atoms with Crippen LogP contribution in [0.1, 0.15) is 16.7 Å². The summed E-state index contributed by atoms with van der Waals surface area (Å²) < 4.78 is 5.88. The molecule has 1 aliphatic heterocycles. The molecule has 0 unspecified atom stereocenters. The molecule has 0 amide bonds. The fourth-order valence-corrected chi connectivity index (χ4v) is 3.45. The van der Waals surface area contributed by atoms with Crippen LogP contribution in [0.25, 0.3) is 11.1 Å². The van der Waals surface area contributed by atoms with Crippen LogP contribution in [-0.2, 0) is 13.1 Å². The van der Waals surface area contributed by atoms with Crippen LogP contribution < -0.4 is 4.74 Å². The van der Waals surface area contributed by atoms with Gasteiger partial charge in [0.05, 0.1) is 0 Å². The monoisotopic (exact) mass is 329 g/mol. The fourth-order valence-electron chi connectivity index (χ4n) is 3.45. The van der Waals surface area contributed by atoms with E-state index in [1.165, 1.54) is 27.8 Å². The molecule has 0 saturated carbocycles. The Morgan fingerprint density at radius 2 is 1.68 bits per heavy atom. The van der Waals surface area contributed by atoms with E-state index in [-0.39, 0.29) is 0 Å². The predicted molar refractivity (Wildman–Crippen MR) is 103 cm³/mol. The van der Waals surface area contributed by atoms with Crippen molar-refractivity contribution in [3.63, 3.8) is 0 Å². The van der Waals surface area contributed by atoms with Gasteiger partial charge in [0.2, 0.25) is 0 Å². The third kappa shape index (κ3) is 3.75. The van der Waals surface area contributed by atoms with Crippen LogP contribution in [0.5, 0.6) is 5.75 Å². The second kappa shape index (κ2) is 7.12. The summed E-state index contributed by atoms with van der Waals surface area (Å²) in [5.41, 5.74) is 6.48. The second-order valence-corrected chi connectivity index (χ2v) is 6.74. The predicted octanol–water partition coefficient (Wildman–Crippen LogP) is 5.06. The van der Waals surface area contributed by atoms with Crippen molar-refractivity contribution in [3.8, 4) is 16.9 Å². The van der Waals surface area contributed by atoms with E-state index in [0.717, 1.165) is 32.0 Å². The Balaban J connectivity index is 1.54. The van der Waals surface area contributed by atoms with E-state index in [0.29, 0.717) is 0 Å². The van der Waals surface area contributed by atoms with Crippen molar-refractivity contribution in [2.45, 2.75) is 20.0 Å². The molecule has 0 spiro atoms. The molecule has 126 valence electrons. The Kier molecular flexibility index (Phi) is 4.53. The maximum atomic E-state index is 5.88. The van der Waals surface area contributed by atoms with E-state index in [1.54, 1.807) is 0 Å². The van der Waals surface area contributed by atoms with E-state index in [2.05, 4.69) is 78.6 Å². The Morgan fingerprint density at radius 1 is 0.880 bits per heavy atom. The molecule has 25 heavy (non-hydrogen) atoms. The minimum Gasteiger partial charge on any atom is -0.492 e. The second-order valence-electron chi connectivity index (χ2n) is 6.74. The van der Waals surface area contributed by atoms with Gasteiger partial charge in [0.15, 0.2) is 0 Å². The summed E-state index contributed by atoms with van der Waals surface area (Å²) in [5.74, 6) is 1.03. The highest BCUT2D eigenvalue weighted by molar-refractivity contribution is 5.64. The van der Waals surface area contributed by atoms with Crippen molar-refractivity contribution in [1.82, 2.24) is 4.90 Å². The first-order valence-electron chi connectivity index (χ1n) is 8.87. The molecule has 0 atom stereocenters.